The number of hydrogen-bond donors (Lipinski definition) is 0. The second kappa shape index (κ2) is 6.64. The molecule has 20 heavy (non-hydrogen) atoms. The molecule has 0 aliphatic carbocycles. The van der Waals surface area contributed by atoms with Crippen molar-refractivity contribution in [3.8, 4) is 11.5 Å². The third kappa shape index (κ3) is 3.65. The van der Waals surface area contributed by atoms with Gasteiger partial charge < -0.3 is 9.47 Å². The zero-order valence-electron chi connectivity index (χ0n) is 10.7. The van der Waals surface area contributed by atoms with E-state index in [4.69, 9.17) is 32.7 Å². The summed E-state index contributed by atoms with van der Waals surface area (Å²) in [5.74, 6) is 1.08. The molecule has 0 fully saturated rings. The van der Waals surface area contributed by atoms with Gasteiger partial charge in [-0.3, -0.25) is 4.79 Å². The summed E-state index contributed by atoms with van der Waals surface area (Å²) in [4.78, 5) is 11.9. The summed E-state index contributed by atoms with van der Waals surface area (Å²) in [6, 6.07) is 11.7. The van der Waals surface area contributed by atoms with Crippen LogP contribution in [0.1, 0.15) is 10.4 Å². The Morgan fingerprint density at radius 1 is 1.00 bits per heavy atom. The Labute approximate surface area is 127 Å². The minimum atomic E-state index is -0.126. The van der Waals surface area contributed by atoms with E-state index < -0.39 is 0 Å². The molecule has 104 valence electrons. The van der Waals surface area contributed by atoms with Gasteiger partial charge in [-0.05, 0) is 36.4 Å². The monoisotopic (exact) mass is 310 g/mol. The standard InChI is InChI=1S/C15H12Cl2O3/c1-19-11-4-2-10(3-5-11)15(18)9-20-12-6-7-13(16)14(17)8-12/h2-8H,9H2,1H3. The summed E-state index contributed by atoms with van der Waals surface area (Å²) < 4.78 is 10.4. The van der Waals surface area contributed by atoms with Gasteiger partial charge in [-0.1, -0.05) is 23.2 Å². The largest absolute Gasteiger partial charge is 0.497 e. The molecule has 3 nitrogen and oxygen atoms in total. The van der Waals surface area contributed by atoms with E-state index in [0.717, 1.165) is 0 Å². The molecule has 0 saturated carbocycles. The van der Waals surface area contributed by atoms with Crippen LogP contribution in [0.5, 0.6) is 11.5 Å². The van der Waals surface area contributed by atoms with Gasteiger partial charge in [-0.25, -0.2) is 0 Å². The van der Waals surface area contributed by atoms with E-state index in [1.54, 1.807) is 49.6 Å². The van der Waals surface area contributed by atoms with Gasteiger partial charge in [0.1, 0.15) is 11.5 Å². The Morgan fingerprint density at radius 3 is 2.25 bits per heavy atom. The molecule has 0 radical (unpaired) electrons. The molecule has 2 aromatic carbocycles. The summed E-state index contributed by atoms with van der Waals surface area (Å²) >= 11 is 11.7. The van der Waals surface area contributed by atoms with Crippen molar-refractivity contribution in [3.63, 3.8) is 0 Å². The molecule has 0 heterocycles. The highest BCUT2D eigenvalue weighted by Gasteiger charge is 2.08. The number of ketones is 1. The van der Waals surface area contributed by atoms with Crippen LogP contribution >= 0.6 is 23.2 Å². The van der Waals surface area contributed by atoms with Crippen LogP contribution < -0.4 is 9.47 Å². The summed E-state index contributed by atoms with van der Waals surface area (Å²) in [5.41, 5.74) is 0.561. The first-order valence-electron chi connectivity index (χ1n) is 5.85. The molecule has 0 saturated heterocycles. The van der Waals surface area contributed by atoms with Crippen molar-refractivity contribution >= 4 is 29.0 Å². The fraction of sp³-hybridized carbons (Fsp3) is 0.133. The number of hydrogen-bond acceptors (Lipinski definition) is 3. The predicted octanol–water partition coefficient (Wildman–Crippen LogP) is 4.26. The van der Waals surface area contributed by atoms with Gasteiger partial charge in [0, 0.05) is 11.6 Å². The van der Waals surface area contributed by atoms with Gasteiger partial charge >= 0.3 is 0 Å². The quantitative estimate of drug-likeness (QED) is 0.774. The van der Waals surface area contributed by atoms with Gasteiger partial charge in [0.15, 0.2) is 12.4 Å². The lowest BCUT2D eigenvalue weighted by Gasteiger charge is -2.07. The average molecular weight is 311 g/mol. The van der Waals surface area contributed by atoms with Gasteiger partial charge in [-0.15, -0.1) is 0 Å². The van der Waals surface area contributed by atoms with E-state index in [1.807, 2.05) is 0 Å². The van der Waals surface area contributed by atoms with Crippen molar-refractivity contribution < 1.29 is 14.3 Å². The molecule has 2 aromatic rings. The first kappa shape index (κ1) is 14.7. The third-order valence-electron chi connectivity index (χ3n) is 2.67. The minimum Gasteiger partial charge on any atom is -0.497 e. The summed E-state index contributed by atoms with van der Waals surface area (Å²) in [5, 5.41) is 0.835. The highest BCUT2D eigenvalue weighted by Crippen LogP contribution is 2.26. The highest BCUT2D eigenvalue weighted by molar-refractivity contribution is 6.42. The van der Waals surface area contributed by atoms with Crippen molar-refractivity contribution in [1.29, 1.82) is 0 Å². The van der Waals surface area contributed by atoms with Gasteiger partial charge in [-0.2, -0.15) is 0 Å². The molecule has 0 aliphatic heterocycles. The number of halogens is 2. The van der Waals surface area contributed by atoms with E-state index in [-0.39, 0.29) is 12.4 Å². The Kier molecular flexibility index (Phi) is 4.88. The molecule has 0 bridgehead atoms. The molecule has 0 amide bonds. The Hall–Kier alpha value is -1.71. The maximum absolute atomic E-state index is 11.9. The van der Waals surface area contributed by atoms with E-state index >= 15 is 0 Å². The smallest absolute Gasteiger partial charge is 0.200 e. The molecule has 0 unspecified atom stereocenters. The molecule has 5 heteroatoms. The average Bonchev–Trinajstić information content (AvgIpc) is 2.48. The van der Waals surface area contributed by atoms with Crippen LogP contribution in [0.25, 0.3) is 0 Å². The second-order valence-electron chi connectivity index (χ2n) is 4.02. The van der Waals surface area contributed by atoms with Crippen LogP contribution in [0.15, 0.2) is 42.5 Å². The van der Waals surface area contributed by atoms with E-state index in [9.17, 15) is 4.79 Å². The summed E-state index contributed by atoms with van der Waals surface area (Å²) in [7, 11) is 1.57. The topological polar surface area (TPSA) is 35.5 Å². The van der Waals surface area contributed by atoms with Crippen LogP contribution in [0.2, 0.25) is 10.0 Å². The predicted molar refractivity (Wildman–Crippen MR) is 79.3 cm³/mol. The summed E-state index contributed by atoms with van der Waals surface area (Å²) in [6.07, 6.45) is 0. The van der Waals surface area contributed by atoms with E-state index in [0.29, 0.717) is 27.1 Å². The lowest BCUT2D eigenvalue weighted by Crippen LogP contribution is -2.11. The number of rotatable bonds is 5. The molecule has 0 aromatic heterocycles. The number of carbonyl (C=O) groups is 1. The normalized spacial score (nSPS) is 10.2. The molecule has 0 atom stereocenters. The lowest BCUT2D eigenvalue weighted by atomic mass is 10.1. The SMILES string of the molecule is COc1ccc(C(=O)COc2ccc(Cl)c(Cl)c2)cc1. The molecule has 0 spiro atoms. The van der Waals surface area contributed by atoms with Crippen LogP contribution in [0.4, 0.5) is 0 Å². The number of benzene rings is 2. The highest BCUT2D eigenvalue weighted by atomic mass is 35.5. The molecular formula is C15H12Cl2O3. The Bertz CT molecular complexity index is 609. The first-order valence-corrected chi connectivity index (χ1v) is 6.61. The van der Waals surface area contributed by atoms with Crippen molar-refractivity contribution in [2.45, 2.75) is 0 Å². The maximum Gasteiger partial charge on any atom is 0.200 e. The number of methoxy groups -OCH3 is 1. The molecule has 0 N–H and O–H groups in total. The van der Waals surface area contributed by atoms with Crippen LogP contribution in [-0.4, -0.2) is 19.5 Å². The van der Waals surface area contributed by atoms with Crippen LogP contribution in [0, 0.1) is 0 Å². The first-order chi connectivity index (χ1) is 9.60. The molecule has 2 rings (SSSR count). The fourth-order valence-electron chi connectivity index (χ4n) is 1.58. The van der Waals surface area contributed by atoms with E-state index in [2.05, 4.69) is 0 Å². The molecule has 0 aliphatic rings. The van der Waals surface area contributed by atoms with Crippen molar-refractivity contribution in [2.24, 2.45) is 0 Å². The Balaban J connectivity index is 1.98. The van der Waals surface area contributed by atoms with Crippen molar-refractivity contribution in [1.82, 2.24) is 0 Å². The zero-order chi connectivity index (χ0) is 14.5. The maximum atomic E-state index is 11.9. The van der Waals surface area contributed by atoms with Gasteiger partial charge in [0.2, 0.25) is 0 Å². The van der Waals surface area contributed by atoms with Gasteiger partial charge in [0.05, 0.1) is 17.2 Å². The van der Waals surface area contributed by atoms with Crippen LogP contribution in [-0.2, 0) is 0 Å². The second-order valence-corrected chi connectivity index (χ2v) is 4.83. The van der Waals surface area contributed by atoms with E-state index in [1.165, 1.54) is 0 Å². The van der Waals surface area contributed by atoms with Gasteiger partial charge in [0.25, 0.3) is 0 Å². The van der Waals surface area contributed by atoms with Crippen molar-refractivity contribution in [2.75, 3.05) is 13.7 Å². The molecular weight excluding hydrogens is 299 g/mol. The summed E-state index contributed by atoms with van der Waals surface area (Å²) in [6.45, 7) is -0.0652. The van der Waals surface area contributed by atoms with Crippen molar-refractivity contribution in [3.05, 3.63) is 58.1 Å². The minimum absolute atomic E-state index is 0.0652. The number of Topliss-reactive ketones (excluding diaryl/α,β-unsaturated/α-hetero) is 1. The van der Waals surface area contributed by atoms with Crippen LogP contribution in [0.3, 0.4) is 0 Å². The zero-order valence-corrected chi connectivity index (χ0v) is 12.2. The number of carbonyl (C=O) groups excluding carboxylic acids is 1. The third-order valence-corrected chi connectivity index (χ3v) is 3.41. The fourth-order valence-corrected chi connectivity index (χ4v) is 1.86. The number of ether oxygens (including phenoxy) is 2. The Morgan fingerprint density at radius 2 is 1.65 bits per heavy atom. The lowest BCUT2D eigenvalue weighted by molar-refractivity contribution is 0.0921.